The van der Waals surface area contributed by atoms with Crippen molar-refractivity contribution in [1.82, 2.24) is 39.7 Å². The van der Waals surface area contributed by atoms with Gasteiger partial charge in [-0.05, 0) is 148 Å². The standard InChI is InChI=1S/C60H74F4N10O5/c1-38-28-59(29-38,30-53-67-65-37-68(53)2)42-6-3-7-43(27-42)73-35-48-47(58(73)78)25-41(26-50(48)60(62,63)64)34-71-18-4-5-40(33-71)32-70-23-21-69(22-24-70)31-39-8-10-44(11-9-39)79-45-16-19-72(20-17-45)51-13-12-46-49(55(51)61)36-74(57(46)77)52-14-15-54(75)66-56(52)76/h3,6-7,12-13,25-27,37-40,44-45,52H,4-5,8-11,14-24,28-36H2,1-2H3,(H,66,75,76)/t38-,39-,40-,44-,52?,59+/m1/s1. The van der Waals surface area contributed by atoms with Crippen LogP contribution in [0.15, 0.2) is 54.9 Å². The molecule has 19 heteroatoms. The van der Waals surface area contributed by atoms with Gasteiger partial charge in [-0.15, -0.1) is 10.2 Å². The maximum absolute atomic E-state index is 16.0. The van der Waals surface area contributed by atoms with Crippen molar-refractivity contribution in [1.29, 1.82) is 0 Å². The van der Waals surface area contributed by atoms with Crippen LogP contribution in [0.5, 0.6) is 0 Å². The lowest BCUT2D eigenvalue weighted by Crippen LogP contribution is -2.52. The Morgan fingerprint density at radius 2 is 1.49 bits per heavy atom. The number of carbonyl (C=O) groups excluding carboxylic acids is 4. The molecule has 15 nitrogen and oxygen atoms in total. The molecule has 4 aromatic rings. The Morgan fingerprint density at radius 1 is 0.759 bits per heavy atom. The molecule has 79 heavy (non-hydrogen) atoms. The van der Waals surface area contributed by atoms with Crippen LogP contribution in [0, 0.1) is 23.6 Å². The summed E-state index contributed by atoms with van der Waals surface area (Å²) in [5, 5.41) is 10.7. The van der Waals surface area contributed by atoms with Gasteiger partial charge in [0.25, 0.3) is 11.8 Å². The van der Waals surface area contributed by atoms with E-state index >= 15 is 4.39 Å². The van der Waals surface area contributed by atoms with Crippen LogP contribution >= 0.6 is 0 Å². The van der Waals surface area contributed by atoms with E-state index in [-0.39, 0.29) is 78.0 Å². The molecule has 1 unspecified atom stereocenters. The molecule has 0 radical (unpaired) electrons. The Bertz CT molecular complexity index is 2960. The smallest absolute Gasteiger partial charge is 0.375 e. The van der Waals surface area contributed by atoms with Crippen LogP contribution < -0.4 is 15.1 Å². The SMILES string of the molecule is Cn1cnnc1C[C@]1(c2cccc(N3Cc4c(cc(CN5CCC[C@H](CN6CCN(C[C@H]7CC[C@H](OC8CCN(c9ccc%10c(c9F)CN(C9CCC(=O)NC9=O)C%10=O)CC8)CC7)CC6)C5)cc4C(F)(F)F)C3=O)c2)C[C@@H](C)C1. The van der Waals surface area contributed by atoms with Gasteiger partial charge in [-0.25, -0.2) is 4.39 Å². The van der Waals surface area contributed by atoms with Gasteiger partial charge in [0.1, 0.15) is 18.2 Å². The maximum Gasteiger partial charge on any atom is 0.416 e. The number of piperazine rings is 1. The number of nitrogens with zero attached hydrogens (tertiary/aromatic N) is 9. The van der Waals surface area contributed by atoms with E-state index in [1.165, 1.54) is 15.9 Å². The number of amides is 4. The number of nitrogens with one attached hydrogen (secondary N) is 1. The van der Waals surface area contributed by atoms with Crippen molar-refractivity contribution < 1.29 is 41.5 Å². The van der Waals surface area contributed by atoms with Crippen LogP contribution in [0.4, 0.5) is 28.9 Å². The normalized spacial score (nSPS) is 27.6. The highest BCUT2D eigenvalue weighted by Crippen LogP contribution is 2.51. The number of benzene rings is 3. The molecule has 8 aliphatic rings. The number of fused-ring (bicyclic) bond motifs is 2. The molecule has 1 N–H and O–H groups in total. The summed E-state index contributed by atoms with van der Waals surface area (Å²) in [7, 11) is 1.93. The molecule has 6 fully saturated rings. The molecule has 6 aliphatic heterocycles. The molecule has 12 rings (SSSR count). The molecule has 2 aliphatic carbocycles. The molecule has 0 bridgehead atoms. The first-order chi connectivity index (χ1) is 38.0. The fraction of sp³-hybridized carbons (Fsp3) is 0.600. The molecule has 0 spiro atoms. The molecule has 4 saturated heterocycles. The van der Waals surface area contributed by atoms with Crippen LogP contribution in [0.3, 0.4) is 0 Å². The minimum atomic E-state index is -4.60. The molecular formula is C60H74F4N10O5. The fourth-order valence-corrected chi connectivity index (χ4v) is 14.9. The van der Waals surface area contributed by atoms with Gasteiger partial charge in [-0.3, -0.25) is 29.4 Å². The second-order valence-corrected chi connectivity index (χ2v) is 24.6. The van der Waals surface area contributed by atoms with Crippen LogP contribution in [0.2, 0.25) is 0 Å². The molecule has 3 aromatic carbocycles. The highest BCUT2D eigenvalue weighted by Gasteiger charge is 2.46. The van der Waals surface area contributed by atoms with Crippen molar-refractivity contribution in [3.05, 3.63) is 105 Å². The van der Waals surface area contributed by atoms with E-state index < -0.39 is 29.5 Å². The Balaban J connectivity index is 0.581. The van der Waals surface area contributed by atoms with Crippen molar-refractivity contribution in [2.45, 2.75) is 140 Å². The summed E-state index contributed by atoms with van der Waals surface area (Å²) in [6.07, 6.45) is 8.47. The van der Waals surface area contributed by atoms with Gasteiger partial charge < -0.3 is 33.8 Å². The van der Waals surface area contributed by atoms with Crippen molar-refractivity contribution in [3.8, 4) is 0 Å². The van der Waals surface area contributed by atoms with Crippen molar-refractivity contribution in [2.75, 3.05) is 75.2 Å². The van der Waals surface area contributed by atoms with Crippen molar-refractivity contribution in [2.24, 2.45) is 24.8 Å². The van der Waals surface area contributed by atoms with Gasteiger partial charge >= 0.3 is 6.18 Å². The first-order valence-electron chi connectivity index (χ1n) is 29.1. The molecule has 2 atom stereocenters. The number of ether oxygens (including phenoxy) is 1. The summed E-state index contributed by atoms with van der Waals surface area (Å²) in [6.45, 7) is 11.6. The largest absolute Gasteiger partial charge is 0.416 e. The monoisotopic (exact) mass is 1090 g/mol. The topological polar surface area (TPSA) is 140 Å². The minimum Gasteiger partial charge on any atom is -0.375 e. The van der Waals surface area contributed by atoms with E-state index in [2.05, 4.69) is 43.2 Å². The van der Waals surface area contributed by atoms with Gasteiger partial charge in [0.15, 0.2) is 5.82 Å². The van der Waals surface area contributed by atoms with Gasteiger partial charge in [0.05, 0.1) is 36.5 Å². The summed E-state index contributed by atoms with van der Waals surface area (Å²) < 4.78 is 69.3. The van der Waals surface area contributed by atoms with E-state index in [4.69, 9.17) is 4.74 Å². The number of hydrogen-bond acceptors (Lipinski definition) is 11. The van der Waals surface area contributed by atoms with E-state index in [1.54, 1.807) is 24.5 Å². The molecule has 4 amide bonds. The number of hydrogen-bond donors (Lipinski definition) is 1. The number of alkyl halides is 3. The predicted octanol–water partition coefficient (Wildman–Crippen LogP) is 7.88. The lowest BCUT2D eigenvalue weighted by atomic mass is 9.57. The Morgan fingerprint density at radius 3 is 2.19 bits per heavy atom. The quantitative estimate of drug-likeness (QED) is 0.0975. The van der Waals surface area contributed by atoms with E-state index in [1.807, 2.05) is 34.7 Å². The zero-order valence-electron chi connectivity index (χ0n) is 45.6. The number of imide groups is 1. The maximum atomic E-state index is 16.0. The minimum absolute atomic E-state index is 0.0123. The number of aromatic nitrogens is 3. The number of anilines is 2. The summed E-state index contributed by atoms with van der Waals surface area (Å²) in [5.74, 6) is 0.427. The van der Waals surface area contributed by atoms with Gasteiger partial charge in [0, 0.05) is 113 Å². The average Bonchev–Trinajstić information content (AvgIpc) is 4.35. The Hall–Kier alpha value is -5.76. The Labute approximate surface area is 460 Å². The Kier molecular flexibility index (Phi) is 15.0. The number of piperidine rings is 3. The van der Waals surface area contributed by atoms with E-state index in [0.29, 0.717) is 66.3 Å². The second kappa shape index (κ2) is 21.9. The predicted molar refractivity (Wildman–Crippen MR) is 289 cm³/mol. The number of rotatable bonds is 14. The molecule has 422 valence electrons. The van der Waals surface area contributed by atoms with Crippen molar-refractivity contribution >= 4 is 35.0 Å². The first-order valence-corrected chi connectivity index (χ1v) is 29.1. The molecule has 2 saturated carbocycles. The van der Waals surface area contributed by atoms with E-state index in [0.717, 1.165) is 128 Å². The fourth-order valence-electron chi connectivity index (χ4n) is 14.9. The number of aryl methyl sites for hydroxylation is 1. The van der Waals surface area contributed by atoms with Crippen LogP contribution in [-0.2, 0) is 59.0 Å². The van der Waals surface area contributed by atoms with Gasteiger partial charge in [-0.1, -0.05) is 19.1 Å². The van der Waals surface area contributed by atoms with Crippen LogP contribution in [0.25, 0.3) is 0 Å². The molecular weight excluding hydrogens is 1020 g/mol. The molecule has 1 aromatic heterocycles. The second-order valence-electron chi connectivity index (χ2n) is 24.6. The van der Waals surface area contributed by atoms with Gasteiger partial charge in [0.2, 0.25) is 11.8 Å². The molecule has 7 heterocycles. The summed E-state index contributed by atoms with van der Waals surface area (Å²) in [6, 6.07) is 13.4. The first kappa shape index (κ1) is 53.9. The van der Waals surface area contributed by atoms with Crippen molar-refractivity contribution in [3.63, 3.8) is 0 Å². The van der Waals surface area contributed by atoms with E-state index in [9.17, 15) is 32.3 Å². The highest BCUT2D eigenvalue weighted by molar-refractivity contribution is 6.10. The summed E-state index contributed by atoms with van der Waals surface area (Å²) in [5.41, 5.74) is 2.61. The lowest BCUT2D eigenvalue weighted by Gasteiger charge is -2.47. The number of halogens is 4. The van der Waals surface area contributed by atoms with Crippen LogP contribution in [0.1, 0.15) is 138 Å². The number of carbonyl (C=O) groups is 4. The lowest BCUT2D eigenvalue weighted by molar-refractivity contribution is -0.138. The third-order valence-electron chi connectivity index (χ3n) is 19.1. The van der Waals surface area contributed by atoms with Gasteiger partial charge in [-0.2, -0.15) is 13.2 Å². The zero-order valence-corrected chi connectivity index (χ0v) is 45.6. The average molecular weight is 1090 g/mol. The summed E-state index contributed by atoms with van der Waals surface area (Å²) in [4.78, 5) is 64.0. The summed E-state index contributed by atoms with van der Waals surface area (Å²) >= 11 is 0. The van der Waals surface area contributed by atoms with Crippen LogP contribution in [-0.4, -0.2) is 142 Å². The number of likely N-dealkylation sites (tertiary alicyclic amines) is 1. The third kappa shape index (κ3) is 11.1. The zero-order chi connectivity index (χ0) is 54.7. The third-order valence-corrected chi connectivity index (χ3v) is 19.1. The highest BCUT2D eigenvalue weighted by atomic mass is 19.4.